The SMILES string of the molecule is CCCCCCCCCCNCC(C)COC. The molecule has 104 valence electrons. The van der Waals surface area contributed by atoms with Crippen LogP contribution in [0.1, 0.15) is 65.2 Å². The van der Waals surface area contributed by atoms with Crippen molar-refractivity contribution in [3.8, 4) is 0 Å². The lowest BCUT2D eigenvalue weighted by molar-refractivity contribution is 0.158. The molecule has 0 bridgehead atoms. The van der Waals surface area contributed by atoms with Gasteiger partial charge in [-0.2, -0.15) is 0 Å². The summed E-state index contributed by atoms with van der Waals surface area (Å²) in [5.74, 6) is 0.633. The summed E-state index contributed by atoms with van der Waals surface area (Å²) in [5.41, 5.74) is 0. The minimum absolute atomic E-state index is 0.633. The number of methoxy groups -OCH3 is 1. The summed E-state index contributed by atoms with van der Waals surface area (Å²) in [6.07, 6.45) is 11.2. The summed E-state index contributed by atoms with van der Waals surface area (Å²) in [7, 11) is 1.77. The largest absolute Gasteiger partial charge is 0.384 e. The standard InChI is InChI=1S/C15H33NO/c1-4-5-6-7-8-9-10-11-12-16-13-15(2)14-17-3/h15-16H,4-14H2,1-3H3. The quantitative estimate of drug-likeness (QED) is 0.494. The van der Waals surface area contributed by atoms with Crippen LogP contribution in [0.5, 0.6) is 0 Å². The molecule has 0 aliphatic heterocycles. The van der Waals surface area contributed by atoms with Gasteiger partial charge in [0.2, 0.25) is 0 Å². The number of hydrogen-bond donors (Lipinski definition) is 1. The Balaban J connectivity index is 2.98. The highest BCUT2D eigenvalue weighted by atomic mass is 16.5. The molecule has 0 aliphatic carbocycles. The molecule has 1 unspecified atom stereocenters. The zero-order chi connectivity index (χ0) is 12.8. The van der Waals surface area contributed by atoms with E-state index in [9.17, 15) is 0 Å². The Labute approximate surface area is 109 Å². The molecule has 0 rings (SSSR count). The Kier molecular flexibility index (Phi) is 13.9. The van der Waals surface area contributed by atoms with Crippen LogP contribution >= 0.6 is 0 Å². The van der Waals surface area contributed by atoms with Crippen LogP contribution in [0.4, 0.5) is 0 Å². The Morgan fingerprint density at radius 2 is 1.53 bits per heavy atom. The second-order valence-electron chi connectivity index (χ2n) is 5.24. The van der Waals surface area contributed by atoms with Crippen molar-refractivity contribution >= 4 is 0 Å². The zero-order valence-corrected chi connectivity index (χ0v) is 12.3. The smallest absolute Gasteiger partial charge is 0.0499 e. The molecule has 17 heavy (non-hydrogen) atoms. The lowest BCUT2D eigenvalue weighted by Crippen LogP contribution is -2.24. The number of hydrogen-bond acceptors (Lipinski definition) is 2. The fraction of sp³-hybridized carbons (Fsp3) is 1.00. The summed E-state index contributed by atoms with van der Waals surface area (Å²) in [5, 5.41) is 3.50. The zero-order valence-electron chi connectivity index (χ0n) is 12.3. The Morgan fingerprint density at radius 1 is 0.941 bits per heavy atom. The average Bonchev–Trinajstić information content (AvgIpc) is 2.32. The molecule has 2 nitrogen and oxygen atoms in total. The second-order valence-corrected chi connectivity index (χ2v) is 5.24. The first-order valence-electron chi connectivity index (χ1n) is 7.50. The summed E-state index contributed by atoms with van der Waals surface area (Å²) in [6, 6.07) is 0. The predicted octanol–water partition coefficient (Wildman–Crippen LogP) is 4.00. The fourth-order valence-electron chi connectivity index (χ4n) is 2.08. The minimum atomic E-state index is 0.633. The first-order chi connectivity index (χ1) is 8.31. The molecule has 1 atom stereocenters. The molecule has 0 aromatic carbocycles. The summed E-state index contributed by atoms with van der Waals surface area (Å²) in [4.78, 5) is 0. The van der Waals surface area contributed by atoms with Gasteiger partial charge in [-0.15, -0.1) is 0 Å². The van der Waals surface area contributed by atoms with Gasteiger partial charge in [0.15, 0.2) is 0 Å². The number of ether oxygens (including phenoxy) is 1. The fourth-order valence-corrected chi connectivity index (χ4v) is 2.08. The molecular weight excluding hydrogens is 210 g/mol. The number of unbranched alkanes of at least 4 members (excludes halogenated alkanes) is 7. The lowest BCUT2D eigenvalue weighted by atomic mass is 10.1. The van der Waals surface area contributed by atoms with E-state index in [-0.39, 0.29) is 0 Å². The van der Waals surface area contributed by atoms with Crippen LogP contribution in [0.25, 0.3) is 0 Å². The molecule has 0 aromatic rings. The van der Waals surface area contributed by atoms with Crippen molar-refractivity contribution in [3.05, 3.63) is 0 Å². The molecule has 0 spiro atoms. The van der Waals surface area contributed by atoms with Crippen molar-refractivity contribution in [2.75, 3.05) is 26.8 Å². The molecular formula is C15H33NO. The highest BCUT2D eigenvalue weighted by Crippen LogP contribution is 2.07. The number of nitrogens with one attached hydrogen (secondary N) is 1. The third-order valence-electron chi connectivity index (χ3n) is 3.15. The van der Waals surface area contributed by atoms with E-state index < -0.39 is 0 Å². The van der Waals surface area contributed by atoms with Gasteiger partial charge in [-0.3, -0.25) is 0 Å². The van der Waals surface area contributed by atoms with Gasteiger partial charge in [0.1, 0.15) is 0 Å². The Bertz CT molecular complexity index is 139. The van der Waals surface area contributed by atoms with Crippen molar-refractivity contribution in [1.29, 1.82) is 0 Å². The monoisotopic (exact) mass is 243 g/mol. The van der Waals surface area contributed by atoms with Crippen molar-refractivity contribution in [2.24, 2.45) is 5.92 Å². The van der Waals surface area contributed by atoms with Gasteiger partial charge in [0.05, 0.1) is 0 Å². The van der Waals surface area contributed by atoms with E-state index in [0.717, 1.165) is 13.2 Å². The maximum Gasteiger partial charge on any atom is 0.0499 e. The van der Waals surface area contributed by atoms with Crippen molar-refractivity contribution in [2.45, 2.75) is 65.2 Å². The first-order valence-corrected chi connectivity index (χ1v) is 7.50. The van der Waals surface area contributed by atoms with Gasteiger partial charge < -0.3 is 10.1 Å². The molecule has 2 heteroatoms. The third-order valence-corrected chi connectivity index (χ3v) is 3.15. The molecule has 0 radical (unpaired) electrons. The first kappa shape index (κ1) is 16.9. The van der Waals surface area contributed by atoms with E-state index in [4.69, 9.17) is 4.74 Å². The molecule has 0 fully saturated rings. The Hall–Kier alpha value is -0.0800. The maximum absolute atomic E-state index is 5.11. The van der Waals surface area contributed by atoms with Gasteiger partial charge in [-0.25, -0.2) is 0 Å². The second kappa shape index (κ2) is 14.0. The topological polar surface area (TPSA) is 21.3 Å². The molecule has 0 saturated heterocycles. The van der Waals surface area contributed by atoms with Crippen LogP contribution in [0, 0.1) is 5.92 Å². The molecule has 0 aliphatic rings. The van der Waals surface area contributed by atoms with Crippen LogP contribution in [0.15, 0.2) is 0 Å². The predicted molar refractivity (Wildman–Crippen MR) is 76.5 cm³/mol. The van der Waals surface area contributed by atoms with Gasteiger partial charge in [0.25, 0.3) is 0 Å². The third kappa shape index (κ3) is 13.9. The van der Waals surface area contributed by atoms with Crippen LogP contribution in [-0.2, 0) is 4.74 Å². The van der Waals surface area contributed by atoms with Crippen LogP contribution in [0.2, 0.25) is 0 Å². The summed E-state index contributed by atoms with van der Waals surface area (Å²) in [6.45, 7) is 7.62. The molecule has 1 N–H and O–H groups in total. The molecule has 0 aromatic heterocycles. The minimum Gasteiger partial charge on any atom is -0.384 e. The summed E-state index contributed by atoms with van der Waals surface area (Å²) >= 11 is 0. The van der Waals surface area contributed by atoms with Crippen LogP contribution in [-0.4, -0.2) is 26.8 Å². The van der Waals surface area contributed by atoms with Gasteiger partial charge in [-0.1, -0.05) is 58.8 Å². The van der Waals surface area contributed by atoms with E-state index in [1.54, 1.807) is 7.11 Å². The highest BCUT2D eigenvalue weighted by Gasteiger charge is 1.99. The van der Waals surface area contributed by atoms with E-state index in [1.807, 2.05) is 0 Å². The van der Waals surface area contributed by atoms with Crippen molar-refractivity contribution < 1.29 is 4.74 Å². The van der Waals surface area contributed by atoms with Gasteiger partial charge >= 0.3 is 0 Å². The van der Waals surface area contributed by atoms with E-state index >= 15 is 0 Å². The average molecular weight is 243 g/mol. The van der Waals surface area contributed by atoms with E-state index in [2.05, 4.69) is 19.2 Å². The van der Waals surface area contributed by atoms with E-state index in [1.165, 1.54) is 57.9 Å². The normalized spacial score (nSPS) is 12.9. The van der Waals surface area contributed by atoms with Gasteiger partial charge in [0, 0.05) is 13.7 Å². The molecule has 0 heterocycles. The summed E-state index contributed by atoms with van der Waals surface area (Å²) < 4.78 is 5.11. The lowest BCUT2D eigenvalue weighted by Gasteiger charge is -2.11. The number of rotatable bonds is 13. The maximum atomic E-state index is 5.11. The highest BCUT2D eigenvalue weighted by molar-refractivity contribution is 4.56. The molecule has 0 amide bonds. The van der Waals surface area contributed by atoms with Crippen molar-refractivity contribution in [3.63, 3.8) is 0 Å². The van der Waals surface area contributed by atoms with Crippen molar-refractivity contribution in [1.82, 2.24) is 5.32 Å². The van der Waals surface area contributed by atoms with E-state index in [0.29, 0.717) is 5.92 Å². The van der Waals surface area contributed by atoms with Gasteiger partial charge in [-0.05, 0) is 25.4 Å². The van der Waals surface area contributed by atoms with Crippen LogP contribution in [0.3, 0.4) is 0 Å². The Morgan fingerprint density at radius 3 is 2.12 bits per heavy atom. The van der Waals surface area contributed by atoms with Crippen LogP contribution < -0.4 is 5.32 Å². The molecule has 0 saturated carbocycles.